The molecule has 0 aliphatic rings. The van der Waals surface area contributed by atoms with E-state index in [4.69, 9.17) is 5.73 Å². The van der Waals surface area contributed by atoms with Gasteiger partial charge in [0.05, 0.1) is 6.54 Å². The zero-order valence-electron chi connectivity index (χ0n) is 15.7. The Bertz CT molecular complexity index is 501. The molecule has 0 radical (unpaired) electrons. The number of rotatable bonds is 12. The van der Waals surface area contributed by atoms with Crippen molar-refractivity contribution in [1.29, 1.82) is 0 Å². The van der Waals surface area contributed by atoms with Crippen molar-refractivity contribution in [2.75, 3.05) is 18.6 Å². The quantitative estimate of drug-likeness (QED) is 0.296. The Balaban J connectivity index is 4.99. The van der Waals surface area contributed by atoms with Gasteiger partial charge < -0.3 is 26.8 Å². The van der Waals surface area contributed by atoms with Gasteiger partial charge in [0, 0.05) is 0 Å². The van der Waals surface area contributed by atoms with Gasteiger partial charge in [0.2, 0.25) is 17.7 Å². The molecule has 0 aliphatic carbocycles. The van der Waals surface area contributed by atoms with Crippen LogP contribution in [0.5, 0.6) is 0 Å². The van der Waals surface area contributed by atoms with Crippen molar-refractivity contribution in [3.8, 4) is 0 Å². The van der Waals surface area contributed by atoms with Crippen LogP contribution in [0.15, 0.2) is 0 Å². The van der Waals surface area contributed by atoms with Crippen molar-refractivity contribution in [2.45, 2.75) is 51.7 Å². The summed E-state index contributed by atoms with van der Waals surface area (Å²) in [6, 6.07) is -2.77. The smallest absolute Gasteiger partial charge is 0.326 e. The van der Waals surface area contributed by atoms with Gasteiger partial charge in [-0.15, -0.1) is 0 Å². The molecule has 0 aromatic carbocycles. The number of hydrogen-bond acceptors (Lipinski definition) is 6. The molecule has 6 N–H and O–H groups in total. The fourth-order valence-electron chi connectivity index (χ4n) is 2.13. The van der Waals surface area contributed by atoms with Crippen LogP contribution in [0.2, 0.25) is 0 Å². The number of carboxylic acids is 1. The lowest BCUT2D eigenvalue weighted by atomic mass is 10.0. The Morgan fingerprint density at radius 1 is 1.00 bits per heavy atom. The van der Waals surface area contributed by atoms with Gasteiger partial charge in [-0.3, -0.25) is 14.4 Å². The van der Waals surface area contributed by atoms with Gasteiger partial charge in [0.15, 0.2) is 0 Å². The molecule has 0 bridgehead atoms. The van der Waals surface area contributed by atoms with Crippen molar-refractivity contribution >= 4 is 35.5 Å². The molecule has 0 aliphatic heterocycles. The van der Waals surface area contributed by atoms with E-state index in [1.807, 2.05) is 20.1 Å². The summed E-state index contributed by atoms with van der Waals surface area (Å²) in [5, 5.41) is 16.7. The number of amides is 3. The van der Waals surface area contributed by atoms with Crippen molar-refractivity contribution in [2.24, 2.45) is 11.7 Å². The minimum Gasteiger partial charge on any atom is -0.480 e. The van der Waals surface area contributed by atoms with E-state index in [1.54, 1.807) is 0 Å². The zero-order chi connectivity index (χ0) is 20.3. The van der Waals surface area contributed by atoms with Crippen LogP contribution in [0.25, 0.3) is 0 Å². The predicted molar refractivity (Wildman–Crippen MR) is 101 cm³/mol. The molecule has 0 rings (SSSR count). The highest BCUT2D eigenvalue weighted by Crippen LogP contribution is 2.07. The maximum atomic E-state index is 12.5. The molecule has 9 nitrogen and oxygen atoms in total. The van der Waals surface area contributed by atoms with E-state index >= 15 is 0 Å². The number of carboxylic acid groups (broad SMARTS) is 1. The normalized spacial score (nSPS) is 14.2. The van der Waals surface area contributed by atoms with E-state index in [1.165, 1.54) is 18.7 Å². The molecule has 10 heteroatoms. The van der Waals surface area contributed by atoms with Gasteiger partial charge in [0.1, 0.15) is 18.1 Å². The molecule has 0 saturated heterocycles. The molecular weight excluding hydrogens is 360 g/mol. The molecule has 3 amide bonds. The first-order valence-corrected chi connectivity index (χ1v) is 9.83. The second kappa shape index (κ2) is 12.5. The number of carbonyl (C=O) groups excluding carboxylic acids is 3. The molecule has 26 heavy (non-hydrogen) atoms. The van der Waals surface area contributed by atoms with E-state index in [-0.39, 0.29) is 18.9 Å². The highest BCUT2D eigenvalue weighted by molar-refractivity contribution is 7.98. The lowest BCUT2D eigenvalue weighted by Gasteiger charge is -2.23. The van der Waals surface area contributed by atoms with Crippen molar-refractivity contribution in [3.05, 3.63) is 0 Å². The monoisotopic (exact) mass is 390 g/mol. The first kappa shape index (κ1) is 24.2. The summed E-state index contributed by atoms with van der Waals surface area (Å²) >= 11 is 1.50. The molecule has 3 unspecified atom stereocenters. The minimum absolute atomic E-state index is 0.0853. The number of thioether (sulfide) groups is 1. The van der Waals surface area contributed by atoms with Crippen LogP contribution in [0.1, 0.15) is 33.6 Å². The number of nitrogens with two attached hydrogens (primary N) is 1. The molecule has 0 fully saturated rings. The molecule has 0 heterocycles. The van der Waals surface area contributed by atoms with Gasteiger partial charge in [-0.05, 0) is 37.7 Å². The van der Waals surface area contributed by atoms with Gasteiger partial charge in [-0.25, -0.2) is 4.79 Å². The fourth-order valence-corrected chi connectivity index (χ4v) is 2.60. The van der Waals surface area contributed by atoms with Crippen LogP contribution < -0.4 is 21.7 Å². The van der Waals surface area contributed by atoms with Crippen LogP contribution in [-0.2, 0) is 19.2 Å². The molecule has 150 valence electrons. The van der Waals surface area contributed by atoms with Crippen molar-refractivity contribution < 1.29 is 24.3 Å². The molecule has 0 saturated carbocycles. The average Bonchev–Trinajstić information content (AvgIpc) is 2.56. The highest BCUT2D eigenvalue weighted by atomic mass is 32.2. The highest BCUT2D eigenvalue weighted by Gasteiger charge is 2.28. The van der Waals surface area contributed by atoms with Gasteiger partial charge in [-0.1, -0.05) is 13.8 Å². The van der Waals surface area contributed by atoms with E-state index in [2.05, 4.69) is 16.0 Å². The molecule has 3 atom stereocenters. The number of nitrogens with one attached hydrogen (secondary N) is 3. The van der Waals surface area contributed by atoms with Crippen molar-refractivity contribution in [1.82, 2.24) is 16.0 Å². The van der Waals surface area contributed by atoms with Crippen LogP contribution in [-0.4, -0.2) is 65.5 Å². The zero-order valence-corrected chi connectivity index (χ0v) is 16.5. The standard InChI is InChI=1S/C16H30N4O5S/c1-9(2)7-12(16(24)25)20-15(23)11(5-6-26-4)19-14(22)10(3)18-13(21)8-17/h9-12H,5-8,17H2,1-4H3,(H,18,21)(H,19,22)(H,20,23)(H,24,25). The topological polar surface area (TPSA) is 151 Å². The minimum atomic E-state index is -1.12. The largest absolute Gasteiger partial charge is 0.480 e. The lowest BCUT2D eigenvalue weighted by Crippen LogP contribution is -2.55. The summed E-state index contributed by atoms with van der Waals surface area (Å²) in [5.74, 6) is -2.01. The second-order valence-corrected chi connectivity index (χ2v) is 7.35. The summed E-state index contributed by atoms with van der Waals surface area (Å²) in [5.41, 5.74) is 5.19. The van der Waals surface area contributed by atoms with Crippen LogP contribution in [0, 0.1) is 5.92 Å². The maximum absolute atomic E-state index is 12.5. The van der Waals surface area contributed by atoms with E-state index < -0.39 is 41.8 Å². The molecule has 0 spiro atoms. The Hall–Kier alpha value is -1.81. The third-order valence-electron chi connectivity index (χ3n) is 3.52. The Morgan fingerprint density at radius 2 is 1.58 bits per heavy atom. The van der Waals surface area contributed by atoms with Gasteiger partial charge >= 0.3 is 5.97 Å². The summed E-state index contributed by atoms with van der Waals surface area (Å²) in [6.45, 7) is 4.95. The third-order valence-corrected chi connectivity index (χ3v) is 4.17. The van der Waals surface area contributed by atoms with Crippen LogP contribution in [0.4, 0.5) is 0 Å². The summed E-state index contributed by atoms with van der Waals surface area (Å²) in [4.78, 5) is 47.3. The van der Waals surface area contributed by atoms with Crippen molar-refractivity contribution in [3.63, 3.8) is 0 Å². The number of carbonyl (C=O) groups is 4. The molecule has 0 aromatic heterocycles. The van der Waals surface area contributed by atoms with E-state index in [0.717, 1.165) is 0 Å². The van der Waals surface area contributed by atoms with E-state index in [0.29, 0.717) is 12.2 Å². The maximum Gasteiger partial charge on any atom is 0.326 e. The van der Waals surface area contributed by atoms with E-state index in [9.17, 15) is 24.3 Å². The molecule has 0 aromatic rings. The first-order valence-electron chi connectivity index (χ1n) is 8.44. The fraction of sp³-hybridized carbons (Fsp3) is 0.750. The Labute approximate surface area is 158 Å². The predicted octanol–water partition coefficient (Wildman–Crippen LogP) is -0.697. The second-order valence-electron chi connectivity index (χ2n) is 6.36. The third kappa shape index (κ3) is 9.62. The first-order chi connectivity index (χ1) is 12.1. The number of hydrogen-bond donors (Lipinski definition) is 5. The van der Waals surface area contributed by atoms with Gasteiger partial charge in [0.25, 0.3) is 0 Å². The Kier molecular flexibility index (Phi) is 11.7. The van der Waals surface area contributed by atoms with Gasteiger partial charge in [-0.2, -0.15) is 11.8 Å². The summed E-state index contributed by atoms with van der Waals surface area (Å²) in [7, 11) is 0. The summed E-state index contributed by atoms with van der Waals surface area (Å²) in [6.07, 6.45) is 2.48. The average molecular weight is 391 g/mol. The molecular formula is C16H30N4O5S. The van der Waals surface area contributed by atoms with Crippen LogP contribution >= 0.6 is 11.8 Å². The summed E-state index contributed by atoms with van der Waals surface area (Å²) < 4.78 is 0. The lowest BCUT2D eigenvalue weighted by molar-refractivity contribution is -0.142. The Morgan fingerprint density at radius 3 is 2.04 bits per heavy atom. The number of aliphatic carboxylic acids is 1. The SMILES string of the molecule is CSCCC(NC(=O)C(C)NC(=O)CN)C(=O)NC(CC(C)C)C(=O)O. The van der Waals surface area contributed by atoms with Crippen LogP contribution in [0.3, 0.4) is 0 Å².